The minimum atomic E-state index is -0.346. The van der Waals surface area contributed by atoms with Crippen LogP contribution in [0.15, 0.2) is 11.3 Å². The zero-order valence-corrected chi connectivity index (χ0v) is 13.4. The monoisotopic (exact) mass is 252 g/mol. The molecule has 1 atom stereocenters. The van der Waals surface area contributed by atoms with Crippen LogP contribution in [-0.4, -0.2) is 11.9 Å². The molecule has 2 nitrogen and oxygen atoms in total. The smallest absolute Gasteiger partial charge is 0.203 e. The summed E-state index contributed by atoms with van der Waals surface area (Å²) in [6.45, 7) is 18.7. The summed E-state index contributed by atoms with van der Waals surface area (Å²) in [5, 5.41) is 0. The number of hydrogen-bond donors (Lipinski definition) is 0. The molecule has 0 N–H and O–H groups in total. The fraction of sp³-hybridized carbons (Fsp3) is 0.812. The Morgan fingerprint density at radius 3 is 1.50 bits per heavy atom. The Kier molecular flexibility index (Phi) is 3.49. The molecule has 1 aliphatic heterocycles. The molecule has 0 saturated heterocycles. The summed E-state index contributed by atoms with van der Waals surface area (Å²) in [6, 6.07) is 0. The van der Waals surface area contributed by atoms with Crippen molar-refractivity contribution < 1.29 is 9.53 Å². The molecule has 1 heterocycles. The molecule has 0 aromatic rings. The highest BCUT2D eigenvalue weighted by atomic mass is 16.5. The zero-order chi connectivity index (χ0) is 14.5. The van der Waals surface area contributed by atoms with Crippen molar-refractivity contribution in [2.75, 3.05) is 0 Å². The molecular weight excluding hydrogens is 224 g/mol. The summed E-state index contributed by atoms with van der Waals surface area (Å²) in [4.78, 5) is 12.7. The molecule has 1 rings (SSSR count). The number of rotatable bonds is 0. The van der Waals surface area contributed by atoms with Crippen LogP contribution in [0.1, 0.15) is 62.3 Å². The fourth-order valence-electron chi connectivity index (χ4n) is 2.31. The van der Waals surface area contributed by atoms with E-state index in [1.165, 1.54) is 0 Å². The molecule has 0 spiro atoms. The molecular formula is C16H28O2. The third kappa shape index (κ3) is 2.78. The maximum atomic E-state index is 12.7. The maximum absolute atomic E-state index is 12.7. The Morgan fingerprint density at radius 2 is 1.28 bits per heavy atom. The van der Waals surface area contributed by atoms with E-state index in [0.717, 1.165) is 11.3 Å². The molecule has 18 heavy (non-hydrogen) atoms. The Hall–Kier alpha value is -0.790. The molecule has 2 heteroatoms. The van der Waals surface area contributed by atoms with Gasteiger partial charge in [-0.25, -0.2) is 0 Å². The highest BCUT2D eigenvalue weighted by Crippen LogP contribution is 2.46. The molecule has 0 radical (unpaired) electrons. The van der Waals surface area contributed by atoms with Crippen molar-refractivity contribution in [3.8, 4) is 0 Å². The van der Waals surface area contributed by atoms with E-state index in [2.05, 4.69) is 62.3 Å². The van der Waals surface area contributed by atoms with E-state index in [-0.39, 0.29) is 28.1 Å². The minimum Gasteiger partial charge on any atom is -0.485 e. The summed E-state index contributed by atoms with van der Waals surface area (Å²) in [6.07, 6.45) is -0.346. The summed E-state index contributed by atoms with van der Waals surface area (Å²) >= 11 is 0. The Balaban J connectivity index is 3.33. The quantitative estimate of drug-likeness (QED) is 0.641. The molecule has 1 unspecified atom stereocenters. The van der Waals surface area contributed by atoms with Crippen LogP contribution in [0.25, 0.3) is 0 Å². The second-order valence-electron chi connectivity index (χ2n) is 8.43. The van der Waals surface area contributed by atoms with Crippen molar-refractivity contribution in [3.63, 3.8) is 0 Å². The number of ether oxygens (including phenoxy) is 1. The lowest BCUT2D eigenvalue weighted by atomic mass is 9.76. The third-order valence-electron chi connectivity index (χ3n) is 3.17. The van der Waals surface area contributed by atoms with Gasteiger partial charge in [0, 0.05) is 16.4 Å². The van der Waals surface area contributed by atoms with Crippen molar-refractivity contribution in [2.45, 2.75) is 68.4 Å². The van der Waals surface area contributed by atoms with Gasteiger partial charge < -0.3 is 4.74 Å². The number of carbonyl (C=O) groups is 1. The molecule has 1 aliphatic rings. The fourth-order valence-corrected chi connectivity index (χ4v) is 2.31. The second-order valence-corrected chi connectivity index (χ2v) is 8.43. The van der Waals surface area contributed by atoms with Gasteiger partial charge in [0.1, 0.15) is 5.76 Å². The van der Waals surface area contributed by atoms with E-state index in [9.17, 15) is 4.79 Å². The van der Waals surface area contributed by atoms with Crippen LogP contribution in [-0.2, 0) is 9.53 Å². The zero-order valence-electron chi connectivity index (χ0n) is 13.4. The largest absolute Gasteiger partial charge is 0.485 e. The van der Waals surface area contributed by atoms with Gasteiger partial charge in [-0.2, -0.15) is 0 Å². The topological polar surface area (TPSA) is 26.3 Å². The Labute approximate surface area is 112 Å². The van der Waals surface area contributed by atoms with Crippen molar-refractivity contribution in [2.24, 2.45) is 16.2 Å². The maximum Gasteiger partial charge on any atom is 0.203 e. The Bertz CT molecular complexity index is 381. The van der Waals surface area contributed by atoms with E-state index in [0.29, 0.717) is 0 Å². The standard InChI is InChI=1S/C16H28O2/c1-14(2,3)10-11(17)13(16(7,8)9)18-12(10)15(4,5)6/h13H,1-9H3. The number of carbonyl (C=O) groups excluding carboxylic acids is 1. The molecule has 0 fully saturated rings. The highest BCUT2D eigenvalue weighted by molar-refractivity contribution is 6.02. The lowest BCUT2D eigenvalue weighted by Gasteiger charge is -2.28. The average Bonchev–Trinajstić information content (AvgIpc) is 2.39. The summed E-state index contributed by atoms with van der Waals surface area (Å²) < 4.78 is 6.07. The van der Waals surface area contributed by atoms with Crippen molar-refractivity contribution in [3.05, 3.63) is 11.3 Å². The van der Waals surface area contributed by atoms with Gasteiger partial charge in [-0.05, 0) is 5.41 Å². The van der Waals surface area contributed by atoms with Gasteiger partial charge in [-0.15, -0.1) is 0 Å². The van der Waals surface area contributed by atoms with E-state index in [1.54, 1.807) is 0 Å². The van der Waals surface area contributed by atoms with E-state index >= 15 is 0 Å². The average molecular weight is 252 g/mol. The van der Waals surface area contributed by atoms with Gasteiger partial charge in [0.2, 0.25) is 5.78 Å². The summed E-state index contributed by atoms with van der Waals surface area (Å²) in [5.41, 5.74) is 0.411. The highest BCUT2D eigenvalue weighted by Gasteiger charge is 2.48. The van der Waals surface area contributed by atoms with Gasteiger partial charge >= 0.3 is 0 Å². The van der Waals surface area contributed by atoms with Gasteiger partial charge in [0.05, 0.1) is 0 Å². The lowest BCUT2D eigenvalue weighted by Crippen LogP contribution is -2.34. The van der Waals surface area contributed by atoms with E-state index < -0.39 is 0 Å². The van der Waals surface area contributed by atoms with Gasteiger partial charge in [-0.3, -0.25) is 4.79 Å². The van der Waals surface area contributed by atoms with Crippen LogP contribution in [0.3, 0.4) is 0 Å². The minimum absolute atomic E-state index is 0.127. The van der Waals surface area contributed by atoms with Gasteiger partial charge in [0.15, 0.2) is 6.10 Å². The van der Waals surface area contributed by atoms with Crippen molar-refractivity contribution in [1.82, 2.24) is 0 Å². The van der Waals surface area contributed by atoms with Crippen molar-refractivity contribution >= 4 is 5.78 Å². The number of ketones is 1. The molecule has 0 aliphatic carbocycles. The van der Waals surface area contributed by atoms with Crippen LogP contribution in [0.2, 0.25) is 0 Å². The summed E-state index contributed by atoms with van der Waals surface area (Å²) in [5.74, 6) is 1.04. The van der Waals surface area contributed by atoms with Gasteiger partial charge in [-0.1, -0.05) is 62.3 Å². The lowest BCUT2D eigenvalue weighted by molar-refractivity contribution is -0.127. The Morgan fingerprint density at radius 1 is 0.833 bits per heavy atom. The number of Topliss-reactive ketones (excluding diaryl/α,β-unsaturated/α-hetero) is 1. The third-order valence-corrected chi connectivity index (χ3v) is 3.17. The predicted molar refractivity (Wildman–Crippen MR) is 75.3 cm³/mol. The first-order valence-corrected chi connectivity index (χ1v) is 6.72. The number of allylic oxidation sites excluding steroid dienone is 1. The SMILES string of the molecule is CC(C)(C)C1=C(C(C)(C)C)C(=O)C(C(C)(C)C)O1. The van der Waals surface area contributed by atoms with Crippen LogP contribution in [0.4, 0.5) is 0 Å². The first-order valence-electron chi connectivity index (χ1n) is 6.72. The normalized spacial score (nSPS) is 22.5. The number of hydrogen-bond acceptors (Lipinski definition) is 2. The van der Waals surface area contributed by atoms with E-state index in [1.807, 2.05) is 0 Å². The predicted octanol–water partition coefficient (Wildman–Crippen LogP) is 4.35. The first kappa shape index (κ1) is 15.3. The van der Waals surface area contributed by atoms with Crippen molar-refractivity contribution in [1.29, 1.82) is 0 Å². The second kappa shape index (κ2) is 4.11. The molecule has 0 aromatic carbocycles. The van der Waals surface area contributed by atoms with Crippen LogP contribution >= 0.6 is 0 Å². The van der Waals surface area contributed by atoms with E-state index in [4.69, 9.17) is 4.74 Å². The first-order chi connectivity index (χ1) is 7.76. The molecule has 0 amide bonds. The van der Waals surface area contributed by atoms with Crippen LogP contribution in [0.5, 0.6) is 0 Å². The summed E-state index contributed by atoms with van der Waals surface area (Å²) in [7, 11) is 0. The van der Waals surface area contributed by atoms with Gasteiger partial charge in [0.25, 0.3) is 0 Å². The molecule has 104 valence electrons. The van der Waals surface area contributed by atoms with Crippen LogP contribution in [0, 0.1) is 16.2 Å². The molecule has 0 saturated carbocycles. The molecule has 0 aromatic heterocycles. The van der Waals surface area contributed by atoms with Crippen LogP contribution < -0.4 is 0 Å². The molecule has 0 bridgehead atoms.